The summed E-state index contributed by atoms with van der Waals surface area (Å²) in [5.74, 6) is -0.251. The number of nitrogens with two attached hydrogens (primary N) is 1. The fourth-order valence-electron chi connectivity index (χ4n) is 6.12. The van der Waals surface area contributed by atoms with Gasteiger partial charge in [-0.05, 0) is 86.2 Å². The smallest absolute Gasteiger partial charge is 0.311 e. The molecule has 12 heteroatoms. The topological polar surface area (TPSA) is 150 Å². The van der Waals surface area contributed by atoms with Gasteiger partial charge in [0.1, 0.15) is 11.9 Å². The van der Waals surface area contributed by atoms with Crippen LogP contribution in [-0.4, -0.2) is 62.8 Å². The zero-order valence-electron chi connectivity index (χ0n) is 27.1. The molecule has 0 saturated carbocycles. The largest absolute Gasteiger partial charge is 0.490 e. The molecule has 11 nitrogen and oxygen atoms in total. The lowest BCUT2D eigenvalue weighted by Gasteiger charge is -2.33. The molecule has 3 unspecified atom stereocenters. The van der Waals surface area contributed by atoms with Gasteiger partial charge in [-0.1, -0.05) is 24.3 Å². The molecule has 1 amide bonds. The second-order valence-electron chi connectivity index (χ2n) is 11.7. The van der Waals surface area contributed by atoms with E-state index >= 15 is 0 Å². The Morgan fingerprint density at radius 2 is 1.83 bits per heavy atom. The molecule has 248 valence electrons. The Bertz CT molecular complexity index is 1900. The predicted octanol–water partition coefficient (Wildman–Crippen LogP) is 5.32. The number of pyridine rings is 1. The van der Waals surface area contributed by atoms with Crippen LogP contribution in [0.4, 0.5) is 11.5 Å². The highest BCUT2D eigenvalue weighted by Gasteiger charge is 2.46. The van der Waals surface area contributed by atoms with Crippen molar-refractivity contribution in [2.45, 2.75) is 50.3 Å². The van der Waals surface area contributed by atoms with Gasteiger partial charge in [0, 0.05) is 30.1 Å². The maximum absolute atomic E-state index is 14.9. The minimum atomic E-state index is -3.70. The number of nitrogens with one attached hydrogen (secondary N) is 1. The number of amides is 1. The number of benzene rings is 3. The molecule has 4 aromatic rings. The molecule has 1 aromatic heterocycles. The molecule has 3 aromatic carbocycles. The minimum Gasteiger partial charge on any atom is -0.490 e. The van der Waals surface area contributed by atoms with Crippen molar-refractivity contribution in [1.82, 2.24) is 9.88 Å². The molecule has 0 aliphatic carbocycles. The molecule has 3 atom stereocenters. The van der Waals surface area contributed by atoms with Crippen LogP contribution in [0.3, 0.4) is 0 Å². The molecular weight excluding hydrogens is 620 g/mol. The number of carbonyl (C=O) groups is 2. The van der Waals surface area contributed by atoms with E-state index in [9.17, 15) is 18.0 Å². The van der Waals surface area contributed by atoms with E-state index in [1.807, 2.05) is 45.0 Å². The van der Waals surface area contributed by atoms with Gasteiger partial charge in [0.25, 0.3) is 0 Å². The maximum Gasteiger partial charge on any atom is 0.311 e. The van der Waals surface area contributed by atoms with Gasteiger partial charge in [-0.3, -0.25) is 9.59 Å². The molecule has 0 bridgehead atoms. The zero-order valence-corrected chi connectivity index (χ0v) is 27.9. The number of sulfone groups is 1. The Morgan fingerprint density at radius 1 is 1.06 bits per heavy atom. The Morgan fingerprint density at radius 3 is 2.53 bits per heavy atom. The van der Waals surface area contributed by atoms with Crippen LogP contribution in [0.15, 0.2) is 77.8 Å². The second-order valence-corrected chi connectivity index (χ2v) is 13.7. The lowest BCUT2D eigenvalue weighted by Crippen LogP contribution is -2.40. The number of aromatic nitrogens is 1. The van der Waals surface area contributed by atoms with Crippen LogP contribution < -0.4 is 20.5 Å². The fourth-order valence-corrected chi connectivity index (χ4v) is 7.06. The van der Waals surface area contributed by atoms with Crippen LogP contribution in [0, 0.1) is 5.92 Å². The van der Waals surface area contributed by atoms with Crippen molar-refractivity contribution in [3.05, 3.63) is 84.1 Å². The highest BCUT2D eigenvalue weighted by atomic mass is 32.2. The number of likely N-dealkylation sites (tertiary alicyclic amines) is 1. The number of nitrogen functional groups attached to an aromatic ring is 1. The van der Waals surface area contributed by atoms with Crippen molar-refractivity contribution >= 4 is 44.0 Å². The minimum absolute atomic E-state index is 0.0534. The van der Waals surface area contributed by atoms with Gasteiger partial charge in [-0.25, -0.2) is 13.4 Å². The number of rotatable bonds is 11. The van der Waals surface area contributed by atoms with Crippen molar-refractivity contribution in [3.63, 3.8) is 0 Å². The maximum atomic E-state index is 14.9. The summed E-state index contributed by atoms with van der Waals surface area (Å²) in [7, 11) is -2.41. The van der Waals surface area contributed by atoms with Crippen LogP contribution in [0.1, 0.15) is 50.4 Å². The van der Waals surface area contributed by atoms with Crippen molar-refractivity contribution in [2.24, 2.45) is 5.92 Å². The molecule has 2 heterocycles. The molecular formula is C35H40N4O7S. The Hall–Kier alpha value is -4.84. The van der Waals surface area contributed by atoms with Gasteiger partial charge < -0.3 is 30.2 Å². The van der Waals surface area contributed by atoms with Gasteiger partial charge in [0.2, 0.25) is 5.91 Å². The molecule has 1 fully saturated rings. The quantitative estimate of drug-likeness (QED) is 0.202. The van der Waals surface area contributed by atoms with E-state index in [1.165, 1.54) is 13.2 Å². The number of carbonyl (C=O) groups excluding carboxylic acids is 2. The second kappa shape index (κ2) is 13.9. The molecule has 1 aliphatic rings. The summed E-state index contributed by atoms with van der Waals surface area (Å²) in [6, 6.07) is 17.3. The summed E-state index contributed by atoms with van der Waals surface area (Å²) in [5, 5.41) is 5.01. The van der Waals surface area contributed by atoms with Crippen molar-refractivity contribution < 1.29 is 32.2 Å². The van der Waals surface area contributed by atoms with E-state index in [4.69, 9.17) is 19.9 Å². The van der Waals surface area contributed by atoms with Gasteiger partial charge >= 0.3 is 5.97 Å². The van der Waals surface area contributed by atoms with E-state index in [2.05, 4.69) is 10.3 Å². The number of hydrogen-bond donors (Lipinski definition) is 2. The normalized spacial score (nSPS) is 17.0. The summed E-state index contributed by atoms with van der Waals surface area (Å²) in [6.07, 6.45) is 2.92. The van der Waals surface area contributed by atoms with E-state index < -0.39 is 33.8 Å². The Balaban J connectivity index is 1.64. The highest BCUT2D eigenvalue weighted by Crippen LogP contribution is 2.43. The first-order valence-electron chi connectivity index (χ1n) is 15.4. The fraction of sp³-hybridized carbons (Fsp3) is 0.343. The van der Waals surface area contributed by atoms with Crippen LogP contribution >= 0.6 is 0 Å². The molecule has 47 heavy (non-hydrogen) atoms. The molecule has 0 spiro atoms. The summed E-state index contributed by atoms with van der Waals surface area (Å²) < 4.78 is 42.8. The first kappa shape index (κ1) is 33.5. The van der Waals surface area contributed by atoms with E-state index in [0.717, 1.165) is 17.0 Å². The number of ether oxygens (including phenoxy) is 3. The summed E-state index contributed by atoms with van der Waals surface area (Å²) in [6.45, 7) is 6.27. The standard InChI is InChI=1S/C35H40N4O7S/c1-6-45-29-20-23(11-14-28(29)46-21(2)3)31(38-24-12-13-25-22(19-24)15-17-37-33(25)36)34(40)39-18-16-27(35(41)44-4)32(39)26-9-7-8-10-30(26)47(5,42)43/h7-15,17,19-21,27,31-32,38H,6,16,18H2,1-5H3,(H2,36,37). The van der Waals surface area contributed by atoms with Crippen LogP contribution in [0.25, 0.3) is 10.8 Å². The Labute approximate surface area is 274 Å². The van der Waals surface area contributed by atoms with Crippen molar-refractivity contribution in [2.75, 3.05) is 37.6 Å². The van der Waals surface area contributed by atoms with Crippen molar-refractivity contribution in [1.29, 1.82) is 0 Å². The number of esters is 1. The third-order valence-corrected chi connectivity index (χ3v) is 9.31. The van der Waals surface area contributed by atoms with E-state index in [1.54, 1.807) is 47.5 Å². The number of hydrogen-bond acceptors (Lipinski definition) is 10. The Kier molecular flexibility index (Phi) is 9.90. The average molecular weight is 661 g/mol. The predicted molar refractivity (Wildman–Crippen MR) is 180 cm³/mol. The SMILES string of the molecule is CCOc1cc(C(Nc2ccc3c(N)nccc3c2)C(=O)N2CCC(C(=O)OC)C2c2ccccc2S(C)(=O)=O)ccc1OC(C)C. The highest BCUT2D eigenvalue weighted by molar-refractivity contribution is 7.90. The summed E-state index contributed by atoms with van der Waals surface area (Å²) in [5.41, 5.74) is 7.67. The molecule has 1 saturated heterocycles. The molecule has 0 radical (unpaired) electrons. The number of anilines is 2. The first-order valence-corrected chi connectivity index (χ1v) is 17.3. The first-order chi connectivity index (χ1) is 22.4. The van der Waals surface area contributed by atoms with Crippen LogP contribution in [0.5, 0.6) is 11.5 Å². The third-order valence-electron chi connectivity index (χ3n) is 8.14. The third kappa shape index (κ3) is 7.12. The average Bonchev–Trinajstić information content (AvgIpc) is 3.48. The van der Waals surface area contributed by atoms with E-state index in [-0.39, 0.29) is 23.5 Å². The van der Waals surface area contributed by atoms with Crippen molar-refractivity contribution in [3.8, 4) is 11.5 Å². The van der Waals surface area contributed by atoms with Crippen LogP contribution in [-0.2, 0) is 24.2 Å². The number of nitrogens with zero attached hydrogens (tertiary/aromatic N) is 2. The molecule has 3 N–H and O–H groups in total. The van der Waals surface area contributed by atoms with Gasteiger partial charge in [0.05, 0.1) is 36.7 Å². The lowest BCUT2D eigenvalue weighted by atomic mass is 9.93. The lowest BCUT2D eigenvalue weighted by molar-refractivity contribution is -0.147. The summed E-state index contributed by atoms with van der Waals surface area (Å²) in [4.78, 5) is 33.7. The monoisotopic (exact) mass is 660 g/mol. The molecule has 5 rings (SSSR count). The zero-order chi connectivity index (χ0) is 33.9. The van der Waals surface area contributed by atoms with Crippen LogP contribution in [0.2, 0.25) is 0 Å². The number of methoxy groups -OCH3 is 1. The van der Waals surface area contributed by atoms with Gasteiger partial charge in [-0.2, -0.15) is 0 Å². The van der Waals surface area contributed by atoms with Gasteiger partial charge in [-0.15, -0.1) is 0 Å². The molecule has 1 aliphatic heterocycles. The summed E-state index contributed by atoms with van der Waals surface area (Å²) >= 11 is 0. The number of fused-ring (bicyclic) bond motifs is 1. The van der Waals surface area contributed by atoms with Gasteiger partial charge in [0.15, 0.2) is 21.3 Å². The van der Waals surface area contributed by atoms with E-state index in [0.29, 0.717) is 47.2 Å².